The second kappa shape index (κ2) is 3.99. The summed E-state index contributed by atoms with van der Waals surface area (Å²) in [6.07, 6.45) is 3.58. The Balaban J connectivity index is 1.81. The molecule has 0 spiro atoms. The molecule has 80 valence electrons. The Morgan fingerprint density at radius 3 is 2.64 bits per heavy atom. The fraction of sp³-hybridized carbons (Fsp3) is 0.909. The molecule has 0 aromatic heterocycles. The molecule has 0 radical (unpaired) electrons. The molecule has 14 heavy (non-hydrogen) atoms. The molecule has 2 atom stereocenters. The number of carbonyl (C=O) groups is 1. The summed E-state index contributed by atoms with van der Waals surface area (Å²) < 4.78 is 5.49. The number of carbonyl (C=O) groups excluding carboxylic acids is 1. The number of rotatable bonds is 4. The van der Waals surface area contributed by atoms with Crippen LogP contribution >= 0.6 is 0 Å². The topological polar surface area (TPSA) is 29.5 Å². The Kier molecular flexibility index (Phi) is 2.88. The molecule has 3 heteroatoms. The number of likely N-dealkylation sites (N-methyl/N-ethyl adjacent to an activating group) is 1. The van der Waals surface area contributed by atoms with E-state index in [1.165, 1.54) is 0 Å². The van der Waals surface area contributed by atoms with Gasteiger partial charge in [0, 0.05) is 18.6 Å². The first-order valence-corrected chi connectivity index (χ1v) is 5.53. The molecule has 0 aromatic rings. The van der Waals surface area contributed by atoms with E-state index in [4.69, 9.17) is 4.74 Å². The van der Waals surface area contributed by atoms with Gasteiger partial charge in [-0.05, 0) is 33.2 Å². The largest absolute Gasteiger partial charge is 0.377 e. The van der Waals surface area contributed by atoms with Gasteiger partial charge in [-0.2, -0.15) is 0 Å². The van der Waals surface area contributed by atoms with Gasteiger partial charge in [0.05, 0.1) is 12.6 Å². The minimum absolute atomic E-state index is 0.284. The van der Waals surface area contributed by atoms with Crippen LogP contribution < -0.4 is 0 Å². The standard InChI is InChI=1S/C11H19NO2/c1-8-10(5-6-14-8)12(2)7-11(13)9-3-4-9/h8-10H,3-7H2,1-2H3. The van der Waals surface area contributed by atoms with Crippen molar-refractivity contribution in [3.8, 4) is 0 Å². The van der Waals surface area contributed by atoms with Gasteiger partial charge in [-0.1, -0.05) is 0 Å². The Morgan fingerprint density at radius 1 is 1.43 bits per heavy atom. The molecule has 1 saturated carbocycles. The van der Waals surface area contributed by atoms with Gasteiger partial charge in [0.2, 0.25) is 0 Å². The average Bonchev–Trinajstić information content (AvgIpc) is 2.89. The van der Waals surface area contributed by atoms with Crippen LogP contribution in [0.25, 0.3) is 0 Å². The Labute approximate surface area is 85.4 Å². The predicted molar refractivity (Wildman–Crippen MR) is 54.2 cm³/mol. The molecule has 1 aliphatic carbocycles. The SMILES string of the molecule is CC1OCCC1N(C)CC(=O)C1CC1. The van der Waals surface area contributed by atoms with E-state index in [0.717, 1.165) is 25.9 Å². The highest BCUT2D eigenvalue weighted by Crippen LogP contribution is 2.30. The predicted octanol–water partition coefficient (Wildman–Crippen LogP) is 1.07. The van der Waals surface area contributed by atoms with Crippen LogP contribution in [0.3, 0.4) is 0 Å². The fourth-order valence-corrected chi connectivity index (χ4v) is 2.20. The second-order valence-electron chi connectivity index (χ2n) is 4.59. The van der Waals surface area contributed by atoms with Gasteiger partial charge >= 0.3 is 0 Å². The van der Waals surface area contributed by atoms with Crippen molar-refractivity contribution in [1.82, 2.24) is 4.90 Å². The van der Waals surface area contributed by atoms with Gasteiger partial charge in [-0.15, -0.1) is 0 Å². The molecule has 0 amide bonds. The quantitative estimate of drug-likeness (QED) is 0.675. The van der Waals surface area contributed by atoms with E-state index in [-0.39, 0.29) is 6.10 Å². The zero-order valence-corrected chi connectivity index (χ0v) is 9.03. The summed E-state index contributed by atoms with van der Waals surface area (Å²) in [6, 6.07) is 0.442. The van der Waals surface area contributed by atoms with Crippen LogP contribution in [0, 0.1) is 5.92 Å². The van der Waals surface area contributed by atoms with Crippen LogP contribution in [-0.2, 0) is 9.53 Å². The lowest BCUT2D eigenvalue weighted by Crippen LogP contribution is -2.40. The maximum atomic E-state index is 11.6. The summed E-state index contributed by atoms with van der Waals surface area (Å²) in [5.74, 6) is 0.807. The molecule has 1 saturated heterocycles. The van der Waals surface area contributed by atoms with Crippen molar-refractivity contribution >= 4 is 5.78 Å². The normalized spacial score (nSPS) is 32.5. The molecule has 2 aliphatic rings. The third-order valence-electron chi connectivity index (χ3n) is 3.34. The van der Waals surface area contributed by atoms with Crippen LogP contribution in [0.15, 0.2) is 0 Å². The zero-order valence-electron chi connectivity index (χ0n) is 9.03. The van der Waals surface area contributed by atoms with Crippen molar-refractivity contribution in [2.24, 2.45) is 5.92 Å². The maximum absolute atomic E-state index is 11.6. The fourth-order valence-electron chi connectivity index (χ4n) is 2.20. The van der Waals surface area contributed by atoms with Gasteiger partial charge in [0.15, 0.2) is 0 Å². The first-order chi connectivity index (χ1) is 6.68. The van der Waals surface area contributed by atoms with E-state index in [9.17, 15) is 4.79 Å². The molecule has 2 unspecified atom stereocenters. The molecule has 2 rings (SSSR count). The number of Topliss-reactive ketones (excluding diaryl/α,β-unsaturated/α-hetero) is 1. The molecule has 1 aliphatic heterocycles. The summed E-state index contributed by atoms with van der Waals surface area (Å²) in [5, 5.41) is 0. The van der Waals surface area contributed by atoms with Gasteiger partial charge in [-0.3, -0.25) is 9.69 Å². The minimum Gasteiger partial charge on any atom is -0.377 e. The van der Waals surface area contributed by atoms with Crippen LogP contribution in [0.5, 0.6) is 0 Å². The molecule has 0 bridgehead atoms. The summed E-state index contributed by atoms with van der Waals surface area (Å²) in [7, 11) is 2.04. The first-order valence-electron chi connectivity index (χ1n) is 5.53. The third-order valence-corrected chi connectivity index (χ3v) is 3.34. The highest BCUT2D eigenvalue weighted by molar-refractivity contribution is 5.84. The average molecular weight is 197 g/mol. The number of ether oxygens (including phenoxy) is 1. The van der Waals surface area contributed by atoms with E-state index < -0.39 is 0 Å². The van der Waals surface area contributed by atoms with Gasteiger partial charge < -0.3 is 4.74 Å². The molecule has 0 N–H and O–H groups in total. The van der Waals surface area contributed by atoms with E-state index in [1.807, 2.05) is 7.05 Å². The molecular weight excluding hydrogens is 178 g/mol. The lowest BCUT2D eigenvalue weighted by molar-refractivity contribution is -0.121. The van der Waals surface area contributed by atoms with E-state index >= 15 is 0 Å². The maximum Gasteiger partial charge on any atom is 0.149 e. The lowest BCUT2D eigenvalue weighted by Gasteiger charge is -2.25. The number of nitrogens with zero attached hydrogens (tertiary/aromatic N) is 1. The molecule has 2 fully saturated rings. The third kappa shape index (κ3) is 2.15. The van der Waals surface area contributed by atoms with E-state index in [1.54, 1.807) is 0 Å². The van der Waals surface area contributed by atoms with Crippen LogP contribution in [-0.4, -0.2) is 43.0 Å². The summed E-state index contributed by atoms with van der Waals surface area (Å²) in [6.45, 7) is 3.55. The Hall–Kier alpha value is -0.410. The van der Waals surface area contributed by atoms with Crippen LogP contribution in [0.1, 0.15) is 26.2 Å². The number of hydrogen-bond acceptors (Lipinski definition) is 3. The van der Waals surface area contributed by atoms with Crippen molar-refractivity contribution in [1.29, 1.82) is 0 Å². The van der Waals surface area contributed by atoms with Crippen molar-refractivity contribution in [3.63, 3.8) is 0 Å². The van der Waals surface area contributed by atoms with E-state index in [0.29, 0.717) is 24.3 Å². The Morgan fingerprint density at radius 2 is 2.14 bits per heavy atom. The second-order valence-corrected chi connectivity index (χ2v) is 4.59. The lowest BCUT2D eigenvalue weighted by atomic mass is 10.1. The van der Waals surface area contributed by atoms with Crippen LogP contribution in [0.2, 0.25) is 0 Å². The smallest absolute Gasteiger partial charge is 0.149 e. The van der Waals surface area contributed by atoms with Crippen molar-refractivity contribution in [2.75, 3.05) is 20.2 Å². The highest BCUT2D eigenvalue weighted by Gasteiger charge is 2.33. The summed E-state index contributed by atoms with van der Waals surface area (Å²) in [4.78, 5) is 13.8. The monoisotopic (exact) mass is 197 g/mol. The van der Waals surface area contributed by atoms with Gasteiger partial charge in [-0.25, -0.2) is 0 Å². The molecule has 0 aromatic carbocycles. The zero-order chi connectivity index (χ0) is 10.1. The van der Waals surface area contributed by atoms with E-state index in [2.05, 4.69) is 11.8 Å². The summed E-state index contributed by atoms with van der Waals surface area (Å²) >= 11 is 0. The first kappa shape index (κ1) is 10.1. The van der Waals surface area contributed by atoms with Crippen molar-refractivity contribution in [3.05, 3.63) is 0 Å². The Bertz CT molecular complexity index is 225. The van der Waals surface area contributed by atoms with Gasteiger partial charge in [0.25, 0.3) is 0 Å². The number of ketones is 1. The van der Waals surface area contributed by atoms with Gasteiger partial charge in [0.1, 0.15) is 5.78 Å². The molecule has 3 nitrogen and oxygen atoms in total. The van der Waals surface area contributed by atoms with Crippen molar-refractivity contribution < 1.29 is 9.53 Å². The molecule has 1 heterocycles. The van der Waals surface area contributed by atoms with Crippen molar-refractivity contribution in [2.45, 2.75) is 38.3 Å². The minimum atomic E-state index is 0.284. The number of hydrogen-bond donors (Lipinski definition) is 0. The van der Waals surface area contributed by atoms with Crippen LogP contribution in [0.4, 0.5) is 0 Å². The highest BCUT2D eigenvalue weighted by atomic mass is 16.5. The molecular formula is C11H19NO2. The summed E-state index contributed by atoms with van der Waals surface area (Å²) in [5.41, 5.74) is 0.